The van der Waals surface area contributed by atoms with Crippen LogP contribution in [0, 0.1) is 13.8 Å². The summed E-state index contributed by atoms with van der Waals surface area (Å²) in [5.74, 6) is -0.837. The first-order valence-corrected chi connectivity index (χ1v) is 13.8. The minimum Gasteiger partial charge on any atom is -0.355 e. The number of hydrogen-bond acceptors (Lipinski definition) is 4. The minimum absolute atomic E-state index is 0.0525. The van der Waals surface area contributed by atoms with Crippen LogP contribution >= 0.6 is 11.6 Å². The van der Waals surface area contributed by atoms with E-state index in [1.165, 1.54) is 17.0 Å². The van der Waals surface area contributed by atoms with Crippen LogP contribution in [0.4, 0.5) is 5.69 Å². The summed E-state index contributed by atoms with van der Waals surface area (Å²) in [6.07, 6.45) is 0. The smallest absolute Gasteiger partial charge is 0.264 e. The Kier molecular flexibility index (Phi) is 9.34. The van der Waals surface area contributed by atoms with Crippen LogP contribution in [0.25, 0.3) is 0 Å². The number of benzene rings is 3. The Balaban J connectivity index is 2.06. The van der Waals surface area contributed by atoms with Crippen LogP contribution in [0.1, 0.15) is 30.5 Å². The minimum atomic E-state index is -4.14. The lowest BCUT2D eigenvalue weighted by Gasteiger charge is -2.32. The molecule has 0 aliphatic carbocycles. The number of carbonyl (C=O) groups excluding carboxylic acids is 2. The molecule has 1 atom stereocenters. The summed E-state index contributed by atoms with van der Waals surface area (Å²) in [5.41, 5.74) is 2.55. The average molecular weight is 542 g/mol. The fourth-order valence-electron chi connectivity index (χ4n) is 3.90. The zero-order valence-electron chi connectivity index (χ0n) is 21.4. The van der Waals surface area contributed by atoms with E-state index >= 15 is 0 Å². The van der Waals surface area contributed by atoms with Crippen molar-refractivity contribution in [1.82, 2.24) is 10.2 Å². The molecule has 1 N–H and O–H groups in total. The topological polar surface area (TPSA) is 86.8 Å². The van der Waals surface area contributed by atoms with Crippen LogP contribution < -0.4 is 9.62 Å². The number of amides is 2. The second-order valence-electron chi connectivity index (χ2n) is 8.79. The molecule has 3 aromatic carbocycles. The van der Waals surface area contributed by atoms with E-state index in [2.05, 4.69) is 5.32 Å². The highest BCUT2D eigenvalue weighted by Crippen LogP contribution is 2.31. The van der Waals surface area contributed by atoms with Crippen LogP contribution in [0.5, 0.6) is 0 Å². The molecule has 0 unspecified atom stereocenters. The summed E-state index contributed by atoms with van der Waals surface area (Å²) in [5, 5.41) is 3.13. The lowest BCUT2D eigenvalue weighted by atomic mass is 10.1. The zero-order chi connectivity index (χ0) is 27.2. The SMILES string of the molecule is CCNC(=O)[C@H](C)N(Cc1ccccc1)C(=O)CN(c1cccc(Cl)c1C)S(=O)(=O)c1ccc(C)cc1. The molecule has 0 bridgehead atoms. The van der Waals surface area contributed by atoms with E-state index in [0.717, 1.165) is 15.4 Å². The van der Waals surface area contributed by atoms with Crippen molar-refractivity contribution < 1.29 is 18.0 Å². The summed E-state index contributed by atoms with van der Waals surface area (Å²) < 4.78 is 28.8. The van der Waals surface area contributed by atoms with Crippen molar-refractivity contribution in [2.24, 2.45) is 0 Å². The highest BCUT2D eigenvalue weighted by molar-refractivity contribution is 7.92. The van der Waals surface area contributed by atoms with Gasteiger partial charge in [0.05, 0.1) is 10.6 Å². The highest BCUT2D eigenvalue weighted by atomic mass is 35.5. The third-order valence-corrected chi connectivity index (χ3v) is 8.29. The predicted molar refractivity (Wildman–Crippen MR) is 147 cm³/mol. The molecule has 0 aliphatic heterocycles. The third kappa shape index (κ3) is 6.70. The number of sulfonamides is 1. The maximum atomic E-state index is 13.9. The van der Waals surface area contributed by atoms with Gasteiger partial charge in [-0.1, -0.05) is 65.7 Å². The first-order valence-electron chi connectivity index (χ1n) is 12.0. The molecule has 9 heteroatoms. The highest BCUT2D eigenvalue weighted by Gasteiger charge is 2.33. The molecule has 0 fully saturated rings. The molecule has 0 aliphatic rings. The molecule has 3 rings (SSSR count). The van der Waals surface area contributed by atoms with Crippen molar-refractivity contribution in [3.8, 4) is 0 Å². The molecular formula is C28H32ClN3O4S. The van der Waals surface area contributed by atoms with Gasteiger partial charge < -0.3 is 10.2 Å². The van der Waals surface area contributed by atoms with Crippen LogP contribution in [-0.4, -0.2) is 44.3 Å². The van der Waals surface area contributed by atoms with Gasteiger partial charge in [0.15, 0.2) is 0 Å². The first kappa shape index (κ1) is 28.2. The van der Waals surface area contributed by atoms with E-state index in [-0.39, 0.29) is 17.3 Å². The van der Waals surface area contributed by atoms with E-state index in [4.69, 9.17) is 11.6 Å². The maximum absolute atomic E-state index is 13.9. The molecule has 196 valence electrons. The molecule has 0 heterocycles. The number of halogens is 1. The van der Waals surface area contributed by atoms with Gasteiger partial charge in [0.2, 0.25) is 11.8 Å². The number of aryl methyl sites for hydroxylation is 1. The van der Waals surface area contributed by atoms with Crippen molar-refractivity contribution >= 4 is 39.1 Å². The van der Waals surface area contributed by atoms with Crippen LogP contribution in [-0.2, 0) is 26.2 Å². The number of rotatable bonds is 10. The van der Waals surface area contributed by atoms with Gasteiger partial charge in [-0.3, -0.25) is 13.9 Å². The molecule has 3 aromatic rings. The van der Waals surface area contributed by atoms with E-state index in [1.54, 1.807) is 51.1 Å². The fourth-order valence-corrected chi connectivity index (χ4v) is 5.54. The zero-order valence-corrected chi connectivity index (χ0v) is 23.0. The van der Waals surface area contributed by atoms with Crippen LogP contribution in [0.2, 0.25) is 5.02 Å². The molecule has 0 spiro atoms. The Bertz CT molecular complexity index is 1350. The summed E-state index contributed by atoms with van der Waals surface area (Å²) in [7, 11) is -4.14. The van der Waals surface area contributed by atoms with E-state index in [1.807, 2.05) is 37.3 Å². The Hall–Kier alpha value is -3.36. The van der Waals surface area contributed by atoms with E-state index < -0.39 is 28.5 Å². The van der Waals surface area contributed by atoms with Gasteiger partial charge in [0, 0.05) is 18.1 Å². The van der Waals surface area contributed by atoms with E-state index in [9.17, 15) is 18.0 Å². The summed E-state index contributed by atoms with van der Waals surface area (Å²) in [6, 6.07) is 19.8. The van der Waals surface area contributed by atoms with Gasteiger partial charge >= 0.3 is 0 Å². The molecule has 37 heavy (non-hydrogen) atoms. The molecular weight excluding hydrogens is 510 g/mol. The molecule has 0 saturated heterocycles. The second kappa shape index (κ2) is 12.3. The number of carbonyl (C=O) groups is 2. The van der Waals surface area contributed by atoms with Gasteiger partial charge in [0.25, 0.3) is 10.0 Å². The summed E-state index contributed by atoms with van der Waals surface area (Å²) in [6.45, 7) is 7.05. The number of nitrogens with zero attached hydrogens (tertiary/aromatic N) is 2. The van der Waals surface area contributed by atoms with Crippen LogP contribution in [0.3, 0.4) is 0 Å². The average Bonchev–Trinajstić information content (AvgIpc) is 2.88. The van der Waals surface area contributed by atoms with Crippen molar-refractivity contribution in [2.45, 2.75) is 45.2 Å². The molecule has 0 saturated carbocycles. The largest absolute Gasteiger partial charge is 0.355 e. The normalized spacial score (nSPS) is 12.0. The number of likely N-dealkylation sites (N-methyl/N-ethyl adjacent to an activating group) is 1. The monoisotopic (exact) mass is 541 g/mol. The van der Waals surface area contributed by atoms with Gasteiger partial charge in [-0.25, -0.2) is 8.42 Å². The van der Waals surface area contributed by atoms with Crippen molar-refractivity contribution in [3.63, 3.8) is 0 Å². The summed E-state index contributed by atoms with van der Waals surface area (Å²) in [4.78, 5) is 28.0. The van der Waals surface area contributed by atoms with E-state index in [0.29, 0.717) is 22.8 Å². The van der Waals surface area contributed by atoms with Gasteiger partial charge in [0.1, 0.15) is 12.6 Å². The molecule has 0 radical (unpaired) electrons. The van der Waals surface area contributed by atoms with Gasteiger partial charge in [-0.2, -0.15) is 0 Å². The summed E-state index contributed by atoms with van der Waals surface area (Å²) >= 11 is 6.34. The molecule has 2 amide bonds. The number of hydrogen-bond donors (Lipinski definition) is 1. The van der Waals surface area contributed by atoms with Gasteiger partial charge in [-0.15, -0.1) is 0 Å². The molecule has 0 aromatic heterocycles. The number of nitrogens with one attached hydrogen (secondary N) is 1. The lowest BCUT2D eigenvalue weighted by Crippen LogP contribution is -2.51. The quantitative estimate of drug-likeness (QED) is 0.403. The Morgan fingerprint density at radius 2 is 1.59 bits per heavy atom. The standard InChI is InChI=1S/C28H32ClN3O4S/c1-5-30-28(34)22(4)31(18-23-10-7-6-8-11-23)27(33)19-32(26-13-9-12-25(29)21(26)3)37(35,36)24-16-14-20(2)15-17-24/h6-17,22H,5,18-19H2,1-4H3,(H,30,34)/t22-/m0/s1. The third-order valence-electron chi connectivity index (χ3n) is 6.11. The van der Waals surface area contributed by atoms with Crippen molar-refractivity contribution in [3.05, 3.63) is 94.5 Å². The predicted octanol–water partition coefficient (Wildman–Crippen LogP) is 4.71. The number of anilines is 1. The second-order valence-corrected chi connectivity index (χ2v) is 11.1. The fraction of sp³-hybridized carbons (Fsp3) is 0.286. The van der Waals surface area contributed by atoms with Crippen LogP contribution in [0.15, 0.2) is 77.7 Å². The Labute approximate surface area is 224 Å². The van der Waals surface area contributed by atoms with Crippen molar-refractivity contribution in [2.75, 3.05) is 17.4 Å². The van der Waals surface area contributed by atoms with Gasteiger partial charge in [-0.05, 0) is 63.1 Å². The maximum Gasteiger partial charge on any atom is 0.264 e. The Morgan fingerprint density at radius 1 is 0.946 bits per heavy atom. The first-order chi connectivity index (χ1) is 17.6. The Morgan fingerprint density at radius 3 is 2.22 bits per heavy atom. The van der Waals surface area contributed by atoms with Crippen molar-refractivity contribution in [1.29, 1.82) is 0 Å². The lowest BCUT2D eigenvalue weighted by molar-refractivity contribution is -0.139. The molecule has 7 nitrogen and oxygen atoms in total.